The van der Waals surface area contributed by atoms with Crippen LogP contribution < -0.4 is 0 Å². The molecule has 0 atom stereocenters. The zero-order valence-corrected chi connectivity index (χ0v) is 11.4. The minimum atomic E-state index is -0.343. The average Bonchev–Trinajstić information content (AvgIpc) is 2.42. The van der Waals surface area contributed by atoms with Crippen molar-refractivity contribution < 1.29 is 8.78 Å². The fourth-order valence-electron chi connectivity index (χ4n) is 1.89. The summed E-state index contributed by atoms with van der Waals surface area (Å²) in [7, 11) is 0. The summed E-state index contributed by atoms with van der Waals surface area (Å²) in [4.78, 5) is 4.41. The third-order valence-electron chi connectivity index (χ3n) is 2.87. The van der Waals surface area contributed by atoms with E-state index in [0.717, 1.165) is 5.56 Å². The Kier molecular flexibility index (Phi) is 4.41. The second-order valence-corrected chi connectivity index (χ2v) is 4.41. The van der Waals surface area contributed by atoms with Crippen molar-refractivity contribution in [3.63, 3.8) is 0 Å². The van der Waals surface area contributed by atoms with E-state index in [1.54, 1.807) is 25.1 Å². The van der Waals surface area contributed by atoms with Crippen molar-refractivity contribution in [1.82, 2.24) is 0 Å². The molecule has 0 N–H and O–H groups in total. The number of aliphatic imine (C=N–C) groups is 1. The smallest absolute Gasteiger partial charge is 0.125 e. The van der Waals surface area contributed by atoms with Crippen LogP contribution in [0, 0.1) is 11.6 Å². The van der Waals surface area contributed by atoms with Crippen LogP contribution in [0.25, 0.3) is 6.08 Å². The van der Waals surface area contributed by atoms with Crippen LogP contribution in [0.5, 0.6) is 0 Å². The summed E-state index contributed by atoms with van der Waals surface area (Å²) in [6, 6.07) is 10.6. The van der Waals surface area contributed by atoms with Gasteiger partial charge in [-0.2, -0.15) is 0 Å². The molecule has 1 nitrogen and oxygen atoms in total. The molecule has 2 aromatic rings. The van der Waals surface area contributed by atoms with Gasteiger partial charge in [0.05, 0.1) is 5.69 Å². The molecule has 0 aromatic heterocycles. The van der Waals surface area contributed by atoms with Crippen LogP contribution in [0.4, 0.5) is 14.5 Å². The number of allylic oxidation sites excluding steroid dienone is 1. The highest BCUT2D eigenvalue weighted by Gasteiger charge is 2.04. The van der Waals surface area contributed by atoms with Crippen molar-refractivity contribution >= 4 is 17.5 Å². The maximum atomic E-state index is 13.4. The van der Waals surface area contributed by atoms with Crippen LogP contribution >= 0.6 is 0 Å². The monoisotopic (exact) mass is 271 g/mol. The second kappa shape index (κ2) is 6.24. The average molecular weight is 271 g/mol. The summed E-state index contributed by atoms with van der Waals surface area (Å²) in [6.07, 6.45) is 3.72. The van der Waals surface area contributed by atoms with Gasteiger partial charge in [0.1, 0.15) is 11.6 Å². The molecular formula is C17H15F2N. The zero-order chi connectivity index (χ0) is 14.5. The largest absolute Gasteiger partial charge is 0.252 e. The molecule has 102 valence electrons. The van der Waals surface area contributed by atoms with Crippen LogP contribution in [0.15, 0.2) is 53.5 Å². The molecule has 0 fully saturated rings. The number of benzene rings is 2. The Hall–Kier alpha value is -2.29. The van der Waals surface area contributed by atoms with E-state index in [0.29, 0.717) is 17.0 Å². The van der Waals surface area contributed by atoms with E-state index in [9.17, 15) is 8.78 Å². The van der Waals surface area contributed by atoms with E-state index in [2.05, 4.69) is 4.99 Å². The molecule has 0 unspecified atom stereocenters. The minimum Gasteiger partial charge on any atom is -0.252 e. The number of nitrogens with zero attached hydrogens (tertiary/aromatic N) is 1. The van der Waals surface area contributed by atoms with Crippen LogP contribution in [0.3, 0.4) is 0 Å². The number of rotatable bonds is 3. The van der Waals surface area contributed by atoms with Gasteiger partial charge in [-0.1, -0.05) is 24.3 Å². The van der Waals surface area contributed by atoms with Crippen LogP contribution in [0.2, 0.25) is 0 Å². The van der Waals surface area contributed by atoms with E-state index in [-0.39, 0.29) is 11.6 Å². The molecule has 3 heteroatoms. The maximum absolute atomic E-state index is 13.4. The van der Waals surface area contributed by atoms with Crippen molar-refractivity contribution in [1.29, 1.82) is 0 Å². The Balaban J connectivity index is 2.46. The van der Waals surface area contributed by atoms with Crippen molar-refractivity contribution in [2.45, 2.75) is 13.8 Å². The molecule has 0 amide bonds. The van der Waals surface area contributed by atoms with Gasteiger partial charge in [-0.25, -0.2) is 8.78 Å². The first-order valence-electron chi connectivity index (χ1n) is 6.33. The summed E-state index contributed by atoms with van der Waals surface area (Å²) in [5, 5.41) is 0. The number of halogens is 2. The molecule has 0 aliphatic rings. The van der Waals surface area contributed by atoms with Gasteiger partial charge in [-0.15, -0.1) is 0 Å². The molecule has 0 saturated carbocycles. The molecule has 0 aliphatic heterocycles. The van der Waals surface area contributed by atoms with Crippen LogP contribution in [-0.4, -0.2) is 5.71 Å². The summed E-state index contributed by atoms with van der Waals surface area (Å²) in [5.74, 6) is -0.658. The van der Waals surface area contributed by atoms with E-state index in [1.807, 2.05) is 19.1 Å². The van der Waals surface area contributed by atoms with Crippen molar-refractivity contribution in [3.8, 4) is 0 Å². The molecular weight excluding hydrogens is 256 g/mol. The predicted octanol–water partition coefficient (Wildman–Crippen LogP) is 5.14. The third kappa shape index (κ3) is 3.38. The molecule has 0 heterocycles. The van der Waals surface area contributed by atoms with E-state index < -0.39 is 0 Å². The van der Waals surface area contributed by atoms with Gasteiger partial charge in [-0.3, -0.25) is 4.99 Å². The Labute approximate surface area is 117 Å². The topological polar surface area (TPSA) is 12.4 Å². The number of hydrogen-bond donors (Lipinski definition) is 0. The van der Waals surface area contributed by atoms with Crippen molar-refractivity contribution in [2.75, 3.05) is 0 Å². The molecule has 0 aliphatic carbocycles. The van der Waals surface area contributed by atoms with E-state index in [4.69, 9.17) is 0 Å². The summed E-state index contributed by atoms with van der Waals surface area (Å²) in [6.45, 7) is 3.66. The SMILES string of the molecule is C/C=C/c1ccc(F)cc1/N=C(\C)c1cccc(F)c1. The molecule has 20 heavy (non-hydrogen) atoms. The van der Waals surface area contributed by atoms with Crippen LogP contribution in [0.1, 0.15) is 25.0 Å². The number of hydrogen-bond acceptors (Lipinski definition) is 1. The van der Waals surface area contributed by atoms with E-state index in [1.165, 1.54) is 24.3 Å². The standard InChI is InChI=1S/C17H15F2N/c1-3-5-13-8-9-16(19)11-17(13)20-12(2)14-6-4-7-15(18)10-14/h3-11H,1-2H3/b5-3+,20-12+. The van der Waals surface area contributed by atoms with Gasteiger partial charge in [-0.05, 0) is 49.2 Å². The van der Waals surface area contributed by atoms with E-state index >= 15 is 0 Å². The minimum absolute atomic E-state index is 0.315. The van der Waals surface area contributed by atoms with Gasteiger partial charge in [0.25, 0.3) is 0 Å². The van der Waals surface area contributed by atoms with Crippen molar-refractivity contribution in [2.24, 2.45) is 4.99 Å². The first-order valence-corrected chi connectivity index (χ1v) is 6.33. The van der Waals surface area contributed by atoms with Gasteiger partial charge in [0.2, 0.25) is 0 Å². The van der Waals surface area contributed by atoms with Gasteiger partial charge >= 0.3 is 0 Å². The second-order valence-electron chi connectivity index (χ2n) is 4.41. The Bertz CT molecular complexity index is 672. The Morgan fingerprint density at radius 1 is 1.05 bits per heavy atom. The predicted molar refractivity (Wildman–Crippen MR) is 79.4 cm³/mol. The quantitative estimate of drug-likeness (QED) is 0.685. The fourth-order valence-corrected chi connectivity index (χ4v) is 1.89. The molecule has 0 spiro atoms. The van der Waals surface area contributed by atoms with Gasteiger partial charge < -0.3 is 0 Å². The Morgan fingerprint density at radius 3 is 2.50 bits per heavy atom. The lowest BCUT2D eigenvalue weighted by molar-refractivity contribution is 0.627. The van der Waals surface area contributed by atoms with Gasteiger partial charge in [0, 0.05) is 11.8 Å². The zero-order valence-electron chi connectivity index (χ0n) is 11.4. The fraction of sp³-hybridized carbons (Fsp3) is 0.118. The lowest BCUT2D eigenvalue weighted by Gasteiger charge is -2.05. The highest BCUT2D eigenvalue weighted by atomic mass is 19.1. The molecule has 0 bridgehead atoms. The Morgan fingerprint density at radius 2 is 1.80 bits per heavy atom. The van der Waals surface area contributed by atoms with Gasteiger partial charge in [0.15, 0.2) is 0 Å². The first kappa shape index (κ1) is 14.1. The lowest BCUT2D eigenvalue weighted by atomic mass is 10.1. The molecule has 0 radical (unpaired) electrons. The maximum Gasteiger partial charge on any atom is 0.125 e. The molecule has 2 rings (SSSR count). The van der Waals surface area contributed by atoms with Crippen LogP contribution in [-0.2, 0) is 0 Å². The summed E-state index contributed by atoms with van der Waals surface area (Å²) < 4.78 is 26.6. The highest BCUT2D eigenvalue weighted by molar-refractivity contribution is 6.00. The molecule has 2 aromatic carbocycles. The highest BCUT2D eigenvalue weighted by Crippen LogP contribution is 2.23. The summed E-state index contributed by atoms with van der Waals surface area (Å²) >= 11 is 0. The molecule has 0 saturated heterocycles. The first-order chi connectivity index (χ1) is 9.60. The normalized spacial score (nSPS) is 12.1. The lowest BCUT2D eigenvalue weighted by Crippen LogP contribution is -1.95. The third-order valence-corrected chi connectivity index (χ3v) is 2.87. The van der Waals surface area contributed by atoms with Crippen molar-refractivity contribution in [3.05, 3.63) is 71.3 Å². The summed E-state index contributed by atoms with van der Waals surface area (Å²) in [5.41, 5.74) is 2.68.